The summed E-state index contributed by atoms with van der Waals surface area (Å²) in [6.07, 6.45) is 7.34. The Labute approximate surface area is 110 Å². The van der Waals surface area contributed by atoms with E-state index >= 15 is 0 Å². The van der Waals surface area contributed by atoms with Crippen molar-refractivity contribution in [2.45, 2.75) is 57.5 Å². The van der Waals surface area contributed by atoms with Crippen molar-refractivity contribution in [3.05, 3.63) is 0 Å². The van der Waals surface area contributed by atoms with Crippen molar-refractivity contribution in [3.8, 4) is 0 Å². The average Bonchev–Trinajstić information content (AvgIpc) is 2.82. The second-order valence-electron chi connectivity index (χ2n) is 5.68. The Morgan fingerprint density at radius 1 is 1.17 bits per heavy atom. The van der Waals surface area contributed by atoms with Crippen LogP contribution in [0.25, 0.3) is 0 Å². The Morgan fingerprint density at radius 2 is 1.89 bits per heavy atom. The lowest BCUT2D eigenvalue weighted by atomic mass is 10.1. The maximum atomic E-state index is 12.0. The number of carbonyl (C=O) groups is 1. The van der Waals surface area contributed by atoms with E-state index in [1.165, 1.54) is 38.5 Å². The van der Waals surface area contributed by atoms with Crippen molar-refractivity contribution in [2.24, 2.45) is 0 Å². The van der Waals surface area contributed by atoms with E-state index in [1.807, 2.05) is 0 Å². The van der Waals surface area contributed by atoms with Crippen LogP contribution in [0.15, 0.2) is 0 Å². The summed E-state index contributed by atoms with van der Waals surface area (Å²) in [6.45, 7) is 5.84. The van der Waals surface area contributed by atoms with Crippen LogP contribution in [0.5, 0.6) is 0 Å². The van der Waals surface area contributed by atoms with E-state index in [4.69, 9.17) is 0 Å². The van der Waals surface area contributed by atoms with Gasteiger partial charge in [-0.3, -0.25) is 9.69 Å². The molecule has 1 saturated heterocycles. The van der Waals surface area contributed by atoms with Gasteiger partial charge in [-0.2, -0.15) is 0 Å². The highest BCUT2D eigenvalue weighted by atomic mass is 16.2. The zero-order chi connectivity index (χ0) is 12.8. The summed E-state index contributed by atoms with van der Waals surface area (Å²) in [4.78, 5) is 14.3. The molecular formula is C14H27N3O. The molecule has 4 heteroatoms. The van der Waals surface area contributed by atoms with Crippen molar-refractivity contribution in [1.82, 2.24) is 15.5 Å². The Morgan fingerprint density at radius 3 is 2.61 bits per heavy atom. The first kappa shape index (κ1) is 13.8. The van der Waals surface area contributed by atoms with Gasteiger partial charge >= 0.3 is 0 Å². The predicted octanol–water partition coefficient (Wildman–Crippen LogP) is 1.12. The molecule has 1 atom stereocenters. The maximum absolute atomic E-state index is 12.0. The molecule has 0 spiro atoms. The van der Waals surface area contributed by atoms with Crippen LogP contribution in [0.2, 0.25) is 0 Å². The quantitative estimate of drug-likeness (QED) is 0.772. The van der Waals surface area contributed by atoms with Crippen LogP contribution in [0.4, 0.5) is 0 Å². The molecule has 4 nitrogen and oxygen atoms in total. The normalized spacial score (nSPS) is 26.4. The molecule has 2 fully saturated rings. The van der Waals surface area contributed by atoms with Crippen LogP contribution in [0, 0.1) is 0 Å². The van der Waals surface area contributed by atoms with Gasteiger partial charge in [0.1, 0.15) is 0 Å². The van der Waals surface area contributed by atoms with Gasteiger partial charge in [0.2, 0.25) is 5.91 Å². The highest BCUT2D eigenvalue weighted by molar-refractivity contribution is 5.78. The summed E-state index contributed by atoms with van der Waals surface area (Å²) in [5, 5.41) is 6.66. The number of hydrogen-bond acceptors (Lipinski definition) is 3. The van der Waals surface area contributed by atoms with Gasteiger partial charge in [0.15, 0.2) is 0 Å². The number of rotatable bonds is 5. The summed E-state index contributed by atoms with van der Waals surface area (Å²) < 4.78 is 0. The Balaban J connectivity index is 1.69. The van der Waals surface area contributed by atoms with Crippen LogP contribution in [-0.2, 0) is 4.79 Å². The highest BCUT2D eigenvalue weighted by Gasteiger charge is 2.22. The first-order chi connectivity index (χ1) is 8.78. The minimum atomic E-state index is 0.221. The number of carbonyl (C=O) groups excluding carboxylic acids is 1. The molecule has 1 amide bonds. The van der Waals surface area contributed by atoms with E-state index in [1.54, 1.807) is 0 Å². The first-order valence-electron chi connectivity index (χ1n) is 7.53. The van der Waals surface area contributed by atoms with Gasteiger partial charge in [0.25, 0.3) is 0 Å². The van der Waals surface area contributed by atoms with Gasteiger partial charge in [0, 0.05) is 18.6 Å². The van der Waals surface area contributed by atoms with Crippen molar-refractivity contribution >= 4 is 5.91 Å². The third-order valence-electron chi connectivity index (χ3n) is 4.09. The largest absolute Gasteiger partial charge is 0.352 e. The third kappa shape index (κ3) is 4.25. The van der Waals surface area contributed by atoms with Gasteiger partial charge in [-0.1, -0.05) is 19.8 Å². The summed E-state index contributed by atoms with van der Waals surface area (Å²) in [5.74, 6) is 0.221. The van der Waals surface area contributed by atoms with Crippen molar-refractivity contribution in [1.29, 1.82) is 0 Å². The fourth-order valence-corrected chi connectivity index (χ4v) is 3.20. The average molecular weight is 253 g/mol. The van der Waals surface area contributed by atoms with Crippen molar-refractivity contribution < 1.29 is 4.79 Å². The second-order valence-corrected chi connectivity index (χ2v) is 5.68. The van der Waals surface area contributed by atoms with E-state index in [-0.39, 0.29) is 5.91 Å². The SMILES string of the molecule is CCNC1CCCN(CC(=O)NC2CCCC2)C1. The van der Waals surface area contributed by atoms with Crippen molar-refractivity contribution in [3.63, 3.8) is 0 Å². The molecular weight excluding hydrogens is 226 g/mol. The molecule has 2 N–H and O–H groups in total. The number of nitrogens with zero attached hydrogens (tertiary/aromatic N) is 1. The summed E-state index contributed by atoms with van der Waals surface area (Å²) in [5.41, 5.74) is 0. The minimum Gasteiger partial charge on any atom is -0.352 e. The number of likely N-dealkylation sites (tertiary alicyclic amines) is 1. The molecule has 2 rings (SSSR count). The van der Waals surface area contributed by atoms with E-state index in [0.29, 0.717) is 18.6 Å². The molecule has 0 aromatic heterocycles. The molecule has 18 heavy (non-hydrogen) atoms. The van der Waals surface area contributed by atoms with Gasteiger partial charge in [-0.15, -0.1) is 0 Å². The lowest BCUT2D eigenvalue weighted by Crippen LogP contribution is -2.49. The molecule has 1 aliphatic heterocycles. The lowest BCUT2D eigenvalue weighted by Gasteiger charge is -2.32. The lowest BCUT2D eigenvalue weighted by molar-refractivity contribution is -0.123. The fraction of sp³-hybridized carbons (Fsp3) is 0.929. The Bertz CT molecular complexity index is 262. The standard InChI is InChI=1S/C14H27N3O/c1-2-15-13-8-5-9-17(10-13)11-14(18)16-12-6-3-4-7-12/h12-13,15H,2-11H2,1H3,(H,16,18). The van der Waals surface area contributed by atoms with E-state index in [0.717, 1.165) is 19.6 Å². The number of nitrogens with one attached hydrogen (secondary N) is 2. The van der Waals surface area contributed by atoms with Crippen LogP contribution >= 0.6 is 0 Å². The molecule has 104 valence electrons. The topological polar surface area (TPSA) is 44.4 Å². The molecule has 1 aliphatic carbocycles. The zero-order valence-corrected chi connectivity index (χ0v) is 11.6. The van der Waals surface area contributed by atoms with Gasteiger partial charge in [-0.25, -0.2) is 0 Å². The molecule has 0 radical (unpaired) electrons. The second kappa shape index (κ2) is 7.10. The smallest absolute Gasteiger partial charge is 0.234 e. The molecule has 2 aliphatic rings. The zero-order valence-electron chi connectivity index (χ0n) is 11.6. The number of amides is 1. The number of piperidine rings is 1. The van der Waals surface area contributed by atoms with Gasteiger partial charge < -0.3 is 10.6 Å². The Kier molecular flexibility index (Phi) is 5.45. The van der Waals surface area contributed by atoms with E-state index in [2.05, 4.69) is 22.5 Å². The molecule has 1 saturated carbocycles. The summed E-state index contributed by atoms with van der Waals surface area (Å²) in [6, 6.07) is 1.02. The van der Waals surface area contributed by atoms with Gasteiger partial charge in [-0.05, 0) is 38.8 Å². The number of likely N-dealkylation sites (N-methyl/N-ethyl adjacent to an activating group) is 1. The monoisotopic (exact) mass is 253 g/mol. The molecule has 1 unspecified atom stereocenters. The minimum absolute atomic E-state index is 0.221. The number of hydrogen-bond donors (Lipinski definition) is 2. The van der Waals surface area contributed by atoms with Crippen LogP contribution in [0.3, 0.4) is 0 Å². The first-order valence-corrected chi connectivity index (χ1v) is 7.53. The van der Waals surface area contributed by atoms with Crippen LogP contribution in [0.1, 0.15) is 45.4 Å². The highest BCUT2D eigenvalue weighted by Crippen LogP contribution is 2.17. The van der Waals surface area contributed by atoms with E-state index in [9.17, 15) is 4.79 Å². The summed E-state index contributed by atoms with van der Waals surface area (Å²) >= 11 is 0. The van der Waals surface area contributed by atoms with Crippen LogP contribution < -0.4 is 10.6 Å². The molecule has 1 heterocycles. The third-order valence-corrected chi connectivity index (χ3v) is 4.09. The Hall–Kier alpha value is -0.610. The summed E-state index contributed by atoms with van der Waals surface area (Å²) in [7, 11) is 0. The predicted molar refractivity (Wildman–Crippen MR) is 73.5 cm³/mol. The molecule has 0 aromatic carbocycles. The van der Waals surface area contributed by atoms with Crippen LogP contribution in [-0.4, -0.2) is 49.1 Å². The van der Waals surface area contributed by atoms with E-state index < -0.39 is 0 Å². The van der Waals surface area contributed by atoms with Gasteiger partial charge in [0.05, 0.1) is 6.54 Å². The molecule has 0 aromatic rings. The maximum Gasteiger partial charge on any atom is 0.234 e. The fourth-order valence-electron chi connectivity index (χ4n) is 3.20. The molecule has 0 bridgehead atoms. The van der Waals surface area contributed by atoms with Crippen molar-refractivity contribution in [2.75, 3.05) is 26.2 Å².